The highest BCUT2D eigenvalue weighted by Crippen LogP contribution is 2.13. The molecule has 1 aromatic carbocycles. The van der Waals surface area contributed by atoms with Crippen molar-refractivity contribution in [2.75, 3.05) is 10.5 Å². The van der Waals surface area contributed by atoms with Crippen molar-refractivity contribution in [3.8, 4) is 0 Å². The Morgan fingerprint density at radius 3 is 2.24 bits per heavy atom. The fourth-order valence-electron chi connectivity index (χ4n) is 1.19. The van der Waals surface area contributed by atoms with Gasteiger partial charge in [-0.15, -0.1) is 0 Å². The average Bonchev–Trinajstić information content (AvgIpc) is 2.30. The number of anilines is 2. The monoisotopic (exact) mass is 250 g/mol. The largest absolute Gasteiger partial charge is 0.368 e. The van der Waals surface area contributed by atoms with Crippen LogP contribution in [0.3, 0.4) is 0 Å². The zero-order valence-corrected chi connectivity index (χ0v) is 9.55. The zero-order chi connectivity index (χ0) is 12.3. The molecule has 0 bridgehead atoms. The fourth-order valence-corrected chi connectivity index (χ4v) is 2.13. The lowest BCUT2D eigenvalue weighted by molar-refractivity contribution is 0.600. The maximum Gasteiger partial charge on any atom is 0.264 e. The molecule has 1 heterocycles. The average molecular weight is 250 g/mol. The third-order valence-electron chi connectivity index (χ3n) is 1.98. The minimum Gasteiger partial charge on any atom is -0.368 e. The number of hydrogen-bond donors (Lipinski definition) is 2. The highest BCUT2D eigenvalue weighted by molar-refractivity contribution is 7.92. The normalized spacial score (nSPS) is 11.1. The first-order valence-electron chi connectivity index (χ1n) is 4.73. The Kier molecular flexibility index (Phi) is 2.92. The van der Waals surface area contributed by atoms with E-state index in [1.54, 1.807) is 30.3 Å². The molecule has 0 spiro atoms. The number of hydrogen-bond acceptors (Lipinski definition) is 5. The highest BCUT2D eigenvalue weighted by Gasteiger charge is 2.14. The van der Waals surface area contributed by atoms with E-state index < -0.39 is 10.0 Å². The molecule has 88 valence electrons. The molecule has 0 unspecified atom stereocenters. The van der Waals surface area contributed by atoms with Gasteiger partial charge in [-0.1, -0.05) is 18.2 Å². The summed E-state index contributed by atoms with van der Waals surface area (Å²) in [5, 5.41) is 0. The summed E-state index contributed by atoms with van der Waals surface area (Å²) in [6.07, 6.45) is 2.32. The zero-order valence-electron chi connectivity index (χ0n) is 8.74. The molecule has 0 saturated carbocycles. The lowest BCUT2D eigenvalue weighted by atomic mass is 10.3. The quantitative estimate of drug-likeness (QED) is 0.841. The molecule has 0 amide bonds. The van der Waals surface area contributed by atoms with E-state index in [4.69, 9.17) is 5.73 Å². The predicted molar refractivity (Wildman–Crippen MR) is 63.7 cm³/mol. The smallest absolute Gasteiger partial charge is 0.264 e. The van der Waals surface area contributed by atoms with Crippen LogP contribution in [0, 0.1) is 0 Å². The van der Waals surface area contributed by atoms with Crippen LogP contribution in [0.15, 0.2) is 47.6 Å². The molecule has 0 saturated heterocycles. The van der Waals surface area contributed by atoms with Gasteiger partial charge in [0.15, 0.2) is 0 Å². The van der Waals surface area contributed by atoms with Crippen molar-refractivity contribution in [1.29, 1.82) is 0 Å². The molecule has 0 aliphatic carbocycles. The van der Waals surface area contributed by atoms with E-state index in [-0.39, 0.29) is 10.8 Å². The van der Waals surface area contributed by atoms with Crippen molar-refractivity contribution in [2.45, 2.75) is 4.90 Å². The van der Waals surface area contributed by atoms with Crippen molar-refractivity contribution in [3.05, 3.63) is 42.7 Å². The summed E-state index contributed by atoms with van der Waals surface area (Å²) in [5.41, 5.74) is 5.76. The van der Waals surface area contributed by atoms with Gasteiger partial charge in [0.25, 0.3) is 10.0 Å². The van der Waals surface area contributed by atoms with Crippen molar-refractivity contribution < 1.29 is 8.42 Å². The number of nitrogen functional groups attached to an aromatic ring is 1. The number of para-hydroxylation sites is 1. The summed E-state index contributed by atoms with van der Waals surface area (Å²) in [6.45, 7) is 0. The van der Waals surface area contributed by atoms with Gasteiger partial charge in [-0.3, -0.25) is 4.72 Å². The summed E-state index contributed by atoms with van der Waals surface area (Å²) in [6, 6.07) is 8.56. The van der Waals surface area contributed by atoms with Crippen LogP contribution in [0.5, 0.6) is 0 Å². The van der Waals surface area contributed by atoms with E-state index in [1.807, 2.05) is 0 Å². The van der Waals surface area contributed by atoms with Crippen LogP contribution in [0.4, 0.5) is 11.6 Å². The lowest BCUT2D eigenvalue weighted by Crippen LogP contribution is -2.13. The van der Waals surface area contributed by atoms with E-state index in [0.29, 0.717) is 5.69 Å². The van der Waals surface area contributed by atoms with Crippen molar-refractivity contribution in [3.63, 3.8) is 0 Å². The molecule has 2 rings (SSSR count). The number of nitrogens with two attached hydrogens (primary N) is 1. The number of nitrogens with zero attached hydrogens (tertiary/aromatic N) is 2. The number of rotatable bonds is 3. The summed E-state index contributed by atoms with van der Waals surface area (Å²) in [7, 11) is -3.66. The van der Waals surface area contributed by atoms with Gasteiger partial charge in [0, 0.05) is 5.69 Å². The van der Waals surface area contributed by atoms with E-state index in [0.717, 1.165) is 12.4 Å². The maximum atomic E-state index is 11.9. The number of nitrogens with one attached hydrogen (secondary N) is 1. The Labute approximate surface area is 98.6 Å². The topological polar surface area (TPSA) is 98.0 Å². The van der Waals surface area contributed by atoms with Gasteiger partial charge in [0.05, 0.1) is 12.4 Å². The van der Waals surface area contributed by atoms with Crippen LogP contribution < -0.4 is 10.5 Å². The predicted octanol–water partition coefficient (Wildman–Crippen LogP) is 0.860. The van der Waals surface area contributed by atoms with Crippen LogP contribution in [0.25, 0.3) is 0 Å². The van der Waals surface area contributed by atoms with Crippen LogP contribution in [-0.4, -0.2) is 18.4 Å². The second-order valence-corrected chi connectivity index (χ2v) is 4.93. The van der Waals surface area contributed by atoms with E-state index >= 15 is 0 Å². The Hall–Kier alpha value is -2.15. The van der Waals surface area contributed by atoms with Gasteiger partial charge in [-0.25, -0.2) is 18.4 Å². The van der Waals surface area contributed by atoms with Crippen LogP contribution in [-0.2, 0) is 10.0 Å². The first-order chi connectivity index (χ1) is 8.08. The highest BCUT2D eigenvalue weighted by atomic mass is 32.2. The summed E-state index contributed by atoms with van der Waals surface area (Å²) in [4.78, 5) is 7.24. The first-order valence-corrected chi connectivity index (χ1v) is 6.22. The molecule has 1 aromatic heterocycles. The van der Waals surface area contributed by atoms with Crippen molar-refractivity contribution in [1.82, 2.24) is 9.97 Å². The van der Waals surface area contributed by atoms with Crippen molar-refractivity contribution in [2.24, 2.45) is 0 Å². The number of sulfonamides is 1. The SMILES string of the molecule is Nc1ncc(S(=O)(=O)Nc2ccccc2)cn1. The second kappa shape index (κ2) is 4.38. The molecule has 0 aliphatic heterocycles. The molecule has 7 heteroatoms. The van der Waals surface area contributed by atoms with Gasteiger partial charge in [-0.05, 0) is 12.1 Å². The van der Waals surface area contributed by atoms with Gasteiger partial charge in [0.1, 0.15) is 4.90 Å². The fraction of sp³-hybridized carbons (Fsp3) is 0. The summed E-state index contributed by atoms with van der Waals surface area (Å²) >= 11 is 0. The molecule has 17 heavy (non-hydrogen) atoms. The maximum absolute atomic E-state index is 11.9. The van der Waals surface area contributed by atoms with Gasteiger partial charge >= 0.3 is 0 Å². The van der Waals surface area contributed by atoms with Crippen molar-refractivity contribution >= 4 is 21.7 Å². The standard InChI is InChI=1S/C10H10N4O2S/c11-10-12-6-9(7-13-10)17(15,16)14-8-4-2-1-3-5-8/h1-7,14H,(H2,11,12,13). The number of aromatic nitrogens is 2. The molecular weight excluding hydrogens is 240 g/mol. The second-order valence-electron chi connectivity index (χ2n) is 3.25. The summed E-state index contributed by atoms with van der Waals surface area (Å²) in [5.74, 6) is 0.0312. The molecule has 2 aromatic rings. The Morgan fingerprint density at radius 2 is 1.65 bits per heavy atom. The van der Waals surface area contributed by atoms with Gasteiger partial charge in [-0.2, -0.15) is 0 Å². The lowest BCUT2D eigenvalue weighted by Gasteiger charge is -2.06. The molecule has 3 N–H and O–H groups in total. The molecule has 6 nitrogen and oxygen atoms in total. The molecule has 0 atom stereocenters. The molecule has 0 aliphatic rings. The third-order valence-corrected chi connectivity index (χ3v) is 3.32. The Balaban J connectivity index is 2.29. The van der Waals surface area contributed by atoms with E-state index in [2.05, 4.69) is 14.7 Å². The molecule has 0 radical (unpaired) electrons. The van der Waals surface area contributed by atoms with E-state index in [1.165, 1.54) is 0 Å². The Bertz CT molecular complexity index is 596. The van der Waals surface area contributed by atoms with Crippen LogP contribution in [0.2, 0.25) is 0 Å². The minimum atomic E-state index is -3.66. The minimum absolute atomic E-state index is 0.0312. The summed E-state index contributed by atoms with van der Waals surface area (Å²) < 4.78 is 26.2. The van der Waals surface area contributed by atoms with Gasteiger partial charge < -0.3 is 5.73 Å². The van der Waals surface area contributed by atoms with Crippen LogP contribution >= 0.6 is 0 Å². The molecule has 0 fully saturated rings. The number of benzene rings is 1. The first kappa shape index (κ1) is 11.3. The van der Waals surface area contributed by atoms with Crippen LogP contribution in [0.1, 0.15) is 0 Å². The van der Waals surface area contributed by atoms with Gasteiger partial charge in [0.2, 0.25) is 5.95 Å². The van der Waals surface area contributed by atoms with E-state index in [9.17, 15) is 8.42 Å². The third kappa shape index (κ3) is 2.70. The Morgan fingerprint density at radius 1 is 1.06 bits per heavy atom. The molecular formula is C10H10N4O2S.